The van der Waals surface area contributed by atoms with E-state index in [0.29, 0.717) is 17.9 Å². The number of pyridine rings is 1. The number of nitrogens with zero attached hydrogens (tertiary/aromatic N) is 3. The second-order valence-electron chi connectivity index (χ2n) is 9.18. The lowest BCUT2D eigenvalue weighted by molar-refractivity contribution is -0.135. The van der Waals surface area contributed by atoms with Crippen LogP contribution < -0.4 is 11.1 Å². The Morgan fingerprint density at radius 1 is 1.11 bits per heavy atom. The maximum atomic E-state index is 13.2. The third-order valence-corrected chi connectivity index (χ3v) is 6.42. The number of benzene rings is 1. The number of imidazole rings is 1. The number of aromatic amines is 1. The van der Waals surface area contributed by atoms with E-state index in [1.165, 1.54) is 0 Å². The molecular formula is C26H30N6O4. The van der Waals surface area contributed by atoms with Gasteiger partial charge >= 0.3 is 6.09 Å². The molecule has 2 amide bonds. The predicted octanol–water partition coefficient (Wildman–Crippen LogP) is 3.24. The molecule has 10 heteroatoms. The summed E-state index contributed by atoms with van der Waals surface area (Å²) in [5.41, 5.74) is 9.26. The van der Waals surface area contributed by atoms with Crippen LogP contribution in [0.5, 0.6) is 0 Å². The number of carboxylic acid groups (broad SMARTS) is 1. The van der Waals surface area contributed by atoms with Gasteiger partial charge in [0, 0.05) is 29.4 Å². The van der Waals surface area contributed by atoms with Gasteiger partial charge in [0.1, 0.15) is 11.9 Å². The fourth-order valence-corrected chi connectivity index (χ4v) is 4.46. The number of nitrogens with one attached hydrogen (secondary N) is 2. The lowest BCUT2D eigenvalue weighted by atomic mass is 10.0. The molecule has 0 radical (unpaired) electrons. The Morgan fingerprint density at radius 2 is 1.83 bits per heavy atom. The number of carbonyl (C=O) groups excluding carboxylic acids is 2. The summed E-state index contributed by atoms with van der Waals surface area (Å²) in [4.78, 5) is 50.2. The maximum absolute atomic E-state index is 13.2. The molecule has 1 aromatic carbocycles. The highest BCUT2D eigenvalue weighted by Crippen LogP contribution is 2.32. The van der Waals surface area contributed by atoms with E-state index in [4.69, 9.17) is 10.8 Å². The molecule has 0 aliphatic carbocycles. The highest BCUT2D eigenvalue weighted by Gasteiger charge is 2.37. The van der Waals surface area contributed by atoms with Gasteiger partial charge in [-0.15, -0.1) is 0 Å². The van der Waals surface area contributed by atoms with Crippen molar-refractivity contribution in [2.75, 3.05) is 13.1 Å². The fourth-order valence-electron chi connectivity index (χ4n) is 4.46. The number of hydrogen-bond donors (Lipinski definition) is 4. The van der Waals surface area contributed by atoms with Gasteiger partial charge in [-0.25, -0.2) is 9.78 Å². The molecule has 2 aromatic heterocycles. The van der Waals surface area contributed by atoms with E-state index in [-0.39, 0.29) is 30.2 Å². The van der Waals surface area contributed by atoms with Crippen LogP contribution >= 0.6 is 0 Å². The smallest absolute Gasteiger partial charge is 0.405 e. The largest absolute Gasteiger partial charge is 0.465 e. The zero-order chi connectivity index (χ0) is 25.8. The van der Waals surface area contributed by atoms with Crippen molar-refractivity contribution in [1.29, 1.82) is 0 Å². The van der Waals surface area contributed by atoms with E-state index in [0.717, 1.165) is 35.4 Å². The molecule has 1 aliphatic heterocycles. The summed E-state index contributed by atoms with van der Waals surface area (Å²) in [7, 11) is 0. The molecule has 188 valence electrons. The van der Waals surface area contributed by atoms with Crippen LogP contribution in [0.2, 0.25) is 0 Å². The van der Waals surface area contributed by atoms with Crippen LogP contribution in [-0.4, -0.2) is 61.9 Å². The van der Waals surface area contributed by atoms with Crippen molar-refractivity contribution in [3.05, 3.63) is 60.2 Å². The van der Waals surface area contributed by atoms with Gasteiger partial charge in [-0.2, -0.15) is 0 Å². The number of amides is 2. The Bertz CT molecular complexity index is 1240. The Labute approximate surface area is 208 Å². The normalized spacial score (nSPS) is 16.2. The summed E-state index contributed by atoms with van der Waals surface area (Å²) in [6.07, 6.45) is 3.81. The molecule has 0 unspecified atom stereocenters. The summed E-state index contributed by atoms with van der Waals surface area (Å²) in [5.74, 6) is 0.139. The van der Waals surface area contributed by atoms with Gasteiger partial charge in [0.15, 0.2) is 5.78 Å². The molecule has 0 bridgehead atoms. The number of ketones is 1. The molecule has 5 N–H and O–H groups in total. The van der Waals surface area contributed by atoms with Crippen LogP contribution in [0.1, 0.15) is 48.9 Å². The van der Waals surface area contributed by atoms with Gasteiger partial charge in [0.25, 0.3) is 0 Å². The Hall–Kier alpha value is -4.05. The Morgan fingerprint density at radius 3 is 2.44 bits per heavy atom. The van der Waals surface area contributed by atoms with Crippen molar-refractivity contribution in [1.82, 2.24) is 25.2 Å². The van der Waals surface area contributed by atoms with Crippen LogP contribution in [-0.2, 0) is 4.79 Å². The van der Waals surface area contributed by atoms with Gasteiger partial charge < -0.3 is 26.0 Å². The molecule has 1 saturated heterocycles. The van der Waals surface area contributed by atoms with Crippen molar-refractivity contribution < 1.29 is 19.5 Å². The molecule has 1 fully saturated rings. The van der Waals surface area contributed by atoms with Crippen LogP contribution in [0.25, 0.3) is 22.5 Å². The third kappa shape index (κ3) is 5.28. The summed E-state index contributed by atoms with van der Waals surface area (Å²) in [6.45, 7) is 4.16. The van der Waals surface area contributed by atoms with Gasteiger partial charge in [0.2, 0.25) is 5.91 Å². The molecular weight excluding hydrogens is 460 g/mol. The SMILES string of the molecule is CC(C)[C@H](NC(=O)O)C(=O)N1CCC[C@H]1c1ncc(-c2ccc(-c3ccc(C(=O)CN)cc3)nc2)[nH]1. The first-order valence-corrected chi connectivity index (χ1v) is 11.9. The molecule has 2 atom stereocenters. The minimum atomic E-state index is -1.21. The monoisotopic (exact) mass is 490 g/mol. The molecule has 1 aliphatic rings. The summed E-state index contributed by atoms with van der Waals surface area (Å²) < 4.78 is 0. The van der Waals surface area contributed by atoms with Crippen LogP contribution in [0.4, 0.5) is 4.79 Å². The highest BCUT2D eigenvalue weighted by molar-refractivity contribution is 5.97. The summed E-state index contributed by atoms with van der Waals surface area (Å²) >= 11 is 0. The van der Waals surface area contributed by atoms with Gasteiger partial charge in [-0.3, -0.25) is 14.6 Å². The lowest BCUT2D eigenvalue weighted by Crippen LogP contribution is -2.50. The van der Waals surface area contributed by atoms with Crippen LogP contribution in [0.15, 0.2) is 48.8 Å². The topological polar surface area (TPSA) is 154 Å². The van der Waals surface area contributed by atoms with Crippen LogP contribution in [0, 0.1) is 5.92 Å². The first-order valence-electron chi connectivity index (χ1n) is 11.9. The van der Waals surface area contributed by atoms with Crippen molar-refractivity contribution >= 4 is 17.8 Å². The second-order valence-corrected chi connectivity index (χ2v) is 9.18. The first-order chi connectivity index (χ1) is 17.3. The number of hydrogen-bond acceptors (Lipinski definition) is 6. The molecule has 4 rings (SSSR count). The fraction of sp³-hybridized carbons (Fsp3) is 0.346. The number of Topliss-reactive ketones (excluding diaryl/α,β-unsaturated/α-hetero) is 1. The van der Waals surface area contributed by atoms with E-state index in [1.807, 2.05) is 38.1 Å². The van der Waals surface area contributed by atoms with Crippen molar-refractivity contribution in [2.24, 2.45) is 11.7 Å². The van der Waals surface area contributed by atoms with E-state index in [2.05, 4.69) is 20.3 Å². The molecule has 3 aromatic rings. The number of carbonyl (C=O) groups is 3. The second kappa shape index (κ2) is 10.7. The van der Waals surface area contributed by atoms with E-state index in [1.54, 1.807) is 29.4 Å². The number of H-pyrrole nitrogens is 1. The van der Waals surface area contributed by atoms with Gasteiger partial charge in [-0.05, 0) is 30.9 Å². The number of nitrogens with two attached hydrogens (primary N) is 1. The predicted molar refractivity (Wildman–Crippen MR) is 134 cm³/mol. The molecule has 0 saturated carbocycles. The molecule has 0 spiro atoms. The van der Waals surface area contributed by atoms with E-state index in [9.17, 15) is 14.4 Å². The number of likely N-dealkylation sites (tertiary alicyclic amines) is 1. The Balaban J connectivity index is 1.49. The summed E-state index contributed by atoms with van der Waals surface area (Å²) in [5, 5.41) is 11.5. The average Bonchev–Trinajstić information content (AvgIpc) is 3.56. The minimum absolute atomic E-state index is 0.0250. The zero-order valence-corrected chi connectivity index (χ0v) is 20.3. The van der Waals surface area contributed by atoms with E-state index < -0.39 is 12.1 Å². The van der Waals surface area contributed by atoms with Crippen molar-refractivity contribution in [3.8, 4) is 22.5 Å². The van der Waals surface area contributed by atoms with E-state index >= 15 is 0 Å². The first kappa shape index (κ1) is 25.1. The van der Waals surface area contributed by atoms with Crippen molar-refractivity contribution in [3.63, 3.8) is 0 Å². The minimum Gasteiger partial charge on any atom is -0.465 e. The zero-order valence-electron chi connectivity index (χ0n) is 20.3. The molecule has 3 heterocycles. The number of aromatic nitrogens is 3. The number of rotatable bonds is 8. The van der Waals surface area contributed by atoms with Crippen molar-refractivity contribution in [2.45, 2.75) is 38.8 Å². The Kier molecular flexibility index (Phi) is 7.44. The lowest BCUT2D eigenvalue weighted by Gasteiger charge is -2.29. The average molecular weight is 491 g/mol. The quantitative estimate of drug-likeness (QED) is 0.353. The summed E-state index contributed by atoms with van der Waals surface area (Å²) in [6, 6.07) is 9.94. The third-order valence-electron chi connectivity index (χ3n) is 6.42. The van der Waals surface area contributed by atoms with Gasteiger partial charge in [-0.1, -0.05) is 38.1 Å². The maximum Gasteiger partial charge on any atom is 0.405 e. The van der Waals surface area contributed by atoms with Gasteiger partial charge in [0.05, 0.1) is 30.2 Å². The highest BCUT2D eigenvalue weighted by atomic mass is 16.4. The molecule has 36 heavy (non-hydrogen) atoms. The van der Waals surface area contributed by atoms with Crippen LogP contribution in [0.3, 0.4) is 0 Å². The molecule has 10 nitrogen and oxygen atoms in total. The standard InChI is InChI=1S/C26H30N6O4/c1-15(2)23(31-26(35)36)25(34)32-11-3-4-21(32)24-29-14-20(30-24)18-9-10-19(28-13-18)16-5-7-17(8-6-16)22(33)12-27/h5-10,13-15,21,23,31H,3-4,11-12,27H2,1-2H3,(H,29,30)(H,35,36)/t21-,23-/m0/s1.